The second-order valence-electron chi connectivity index (χ2n) is 6.07. The van der Waals surface area contributed by atoms with E-state index in [1.807, 2.05) is 0 Å². The summed E-state index contributed by atoms with van der Waals surface area (Å²) in [4.78, 5) is 0. The quantitative estimate of drug-likeness (QED) is 0.722. The normalized spacial score (nSPS) is 11.6. The predicted molar refractivity (Wildman–Crippen MR) is 83.4 cm³/mol. The molecule has 0 fully saturated rings. The maximum Gasteiger partial charge on any atom is 0.0779 e. The van der Waals surface area contributed by atoms with Crippen LogP contribution in [0.1, 0.15) is 16.7 Å². The van der Waals surface area contributed by atoms with Crippen LogP contribution in [0.3, 0.4) is 0 Å². The predicted octanol–water partition coefficient (Wildman–Crippen LogP) is 4.13. The Bertz CT molecular complexity index is 535. The minimum Gasteiger partial charge on any atom is -0.0656 e. The third-order valence-electron chi connectivity index (χ3n) is 3.30. The van der Waals surface area contributed by atoms with Crippen LogP contribution in [0.15, 0.2) is 48.5 Å². The standard InChI is InChI=1S/C17H22Si/c1-14-8-7-9-15(12-14)13-16-10-5-6-11-17(16)18(2,3)4/h5-12H,13H2,1-4H3. The molecule has 0 saturated heterocycles. The summed E-state index contributed by atoms with van der Waals surface area (Å²) in [5.41, 5.74) is 4.26. The molecule has 2 aromatic carbocycles. The molecular weight excluding hydrogens is 232 g/mol. The Morgan fingerprint density at radius 1 is 0.889 bits per heavy atom. The third-order valence-corrected chi connectivity index (χ3v) is 5.41. The zero-order valence-corrected chi connectivity index (χ0v) is 12.8. The Morgan fingerprint density at radius 2 is 1.61 bits per heavy atom. The number of aryl methyl sites for hydroxylation is 1. The molecule has 1 heteroatoms. The van der Waals surface area contributed by atoms with Crippen LogP contribution < -0.4 is 5.19 Å². The smallest absolute Gasteiger partial charge is 0.0656 e. The van der Waals surface area contributed by atoms with E-state index in [-0.39, 0.29) is 0 Å². The summed E-state index contributed by atoms with van der Waals surface area (Å²) in [7, 11) is -1.25. The molecule has 0 nitrogen and oxygen atoms in total. The minimum absolute atomic E-state index is 1.06. The molecule has 18 heavy (non-hydrogen) atoms. The molecule has 0 saturated carbocycles. The van der Waals surface area contributed by atoms with Crippen LogP contribution in [0.25, 0.3) is 0 Å². The summed E-state index contributed by atoms with van der Waals surface area (Å²) in [5.74, 6) is 0. The zero-order chi connectivity index (χ0) is 13.2. The molecule has 94 valence electrons. The first-order chi connectivity index (χ1) is 8.47. The van der Waals surface area contributed by atoms with Gasteiger partial charge in [-0.2, -0.15) is 0 Å². The Kier molecular flexibility index (Phi) is 3.72. The molecule has 0 bridgehead atoms. The molecule has 0 heterocycles. The van der Waals surface area contributed by atoms with Crippen molar-refractivity contribution >= 4 is 13.3 Å². The van der Waals surface area contributed by atoms with Crippen molar-refractivity contribution in [3.05, 3.63) is 65.2 Å². The van der Waals surface area contributed by atoms with Gasteiger partial charge in [0, 0.05) is 0 Å². The highest BCUT2D eigenvalue weighted by Crippen LogP contribution is 2.13. The maximum absolute atomic E-state index is 2.42. The number of hydrogen-bond donors (Lipinski definition) is 0. The number of rotatable bonds is 3. The van der Waals surface area contributed by atoms with Crippen molar-refractivity contribution in [1.82, 2.24) is 0 Å². The van der Waals surface area contributed by atoms with E-state index in [1.54, 1.807) is 5.19 Å². The molecule has 0 amide bonds. The van der Waals surface area contributed by atoms with Crippen molar-refractivity contribution in [3.63, 3.8) is 0 Å². The topological polar surface area (TPSA) is 0 Å². The average Bonchev–Trinajstić information content (AvgIpc) is 2.28. The fourth-order valence-electron chi connectivity index (χ4n) is 2.45. The van der Waals surface area contributed by atoms with Gasteiger partial charge in [-0.15, -0.1) is 0 Å². The molecule has 0 spiro atoms. The van der Waals surface area contributed by atoms with E-state index in [0.29, 0.717) is 0 Å². The van der Waals surface area contributed by atoms with Gasteiger partial charge in [0.1, 0.15) is 0 Å². The fraction of sp³-hybridized carbons (Fsp3) is 0.294. The highest BCUT2D eigenvalue weighted by atomic mass is 28.3. The molecule has 0 aliphatic heterocycles. The molecule has 0 N–H and O–H groups in total. The molecule has 0 radical (unpaired) electrons. The van der Waals surface area contributed by atoms with Crippen molar-refractivity contribution in [3.8, 4) is 0 Å². The number of benzene rings is 2. The van der Waals surface area contributed by atoms with Crippen LogP contribution in [0, 0.1) is 6.92 Å². The van der Waals surface area contributed by atoms with Gasteiger partial charge < -0.3 is 0 Å². The van der Waals surface area contributed by atoms with Gasteiger partial charge in [0.15, 0.2) is 0 Å². The van der Waals surface area contributed by atoms with E-state index in [9.17, 15) is 0 Å². The first-order valence-electron chi connectivity index (χ1n) is 6.61. The van der Waals surface area contributed by atoms with Crippen molar-refractivity contribution in [2.75, 3.05) is 0 Å². The van der Waals surface area contributed by atoms with E-state index in [1.165, 1.54) is 16.7 Å². The average molecular weight is 254 g/mol. The number of hydrogen-bond acceptors (Lipinski definition) is 0. The molecule has 0 unspecified atom stereocenters. The summed E-state index contributed by atoms with van der Waals surface area (Å²) in [6, 6.07) is 17.8. The van der Waals surface area contributed by atoms with Gasteiger partial charge >= 0.3 is 0 Å². The van der Waals surface area contributed by atoms with Crippen LogP contribution in [-0.2, 0) is 6.42 Å². The van der Waals surface area contributed by atoms with Crippen LogP contribution in [0.2, 0.25) is 19.6 Å². The lowest BCUT2D eigenvalue weighted by molar-refractivity contribution is 1.19. The highest BCUT2D eigenvalue weighted by Gasteiger charge is 2.19. The zero-order valence-electron chi connectivity index (χ0n) is 11.8. The highest BCUT2D eigenvalue weighted by molar-refractivity contribution is 6.89. The summed E-state index contributed by atoms with van der Waals surface area (Å²) in [6.45, 7) is 9.42. The minimum atomic E-state index is -1.25. The van der Waals surface area contributed by atoms with Crippen molar-refractivity contribution in [2.45, 2.75) is 33.0 Å². The van der Waals surface area contributed by atoms with Gasteiger partial charge in [-0.3, -0.25) is 0 Å². The molecule has 2 rings (SSSR count). The van der Waals surface area contributed by atoms with Gasteiger partial charge in [-0.25, -0.2) is 0 Å². The molecule has 0 aromatic heterocycles. The summed E-state index contributed by atoms with van der Waals surface area (Å²) in [6.07, 6.45) is 1.06. The van der Waals surface area contributed by atoms with E-state index < -0.39 is 8.07 Å². The summed E-state index contributed by atoms with van der Waals surface area (Å²) >= 11 is 0. The molecule has 0 aliphatic rings. The third kappa shape index (κ3) is 3.11. The van der Waals surface area contributed by atoms with Gasteiger partial charge in [0.25, 0.3) is 0 Å². The maximum atomic E-state index is 2.42. The van der Waals surface area contributed by atoms with Crippen LogP contribution in [-0.4, -0.2) is 8.07 Å². The van der Waals surface area contributed by atoms with Gasteiger partial charge in [0.2, 0.25) is 0 Å². The first-order valence-corrected chi connectivity index (χ1v) is 10.1. The molecule has 0 atom stereocenters. The van der Waals surface area contributed by atoms with Crippen LogP contribution in [0.4, 0.5) is 0 Å². The van der Waals surface area contributed by atoms with E-state index in [0.717, 1.165) is 6.42 Å². The first kappa shape index (κ1) is 13.1. The SMILES string of the molecule is Cc1cccc(Cc2ccccc2[Si](C)(C)C)c1. The Morgan fingerprint density at radius 3 is 2.28 bits per heavy atom. The lowest BCUT2D eigenvalue weighted by Crippen LogP contribution is -2.40. The molecule has 0 aliphatic carbocycles. The van der Waals surface area contributed by atoms with Crippen LogP contribution in [0.5, 0.6) is 0 Å². The second kappa shape index (κ2) is 5.11. The van der Waals surface area contributed by atoms with E-state index >= 15 is 0 Å². The van der Waals surface area contributed by atoms with Gasteiger partial charge in [-0.1, -0.05) is 78.9 Å². The summed E-state index contributed by atoms with van der Waals surface area (Å²) in [5, 5.41) is 1.59. The lowest BCUT2D eigenvalue weighted by atomic mass is 10.0. The van der Waals surface area contributed by atoms with Crippen molar-refractivity contribution in [1.29, 1.82) is 0 Å². The van der Waals surface area contributed by atoms with E-state index in [4.69, 9.17) is 0 Å². The van der Waals surface area contributed by atoms with Gasteiger partial charge in [-0.05, 0) is 24.5 Å². The molecule has 2 aromatic rings. The van der Waals surface area contributed by atoms with Crippen LogP contribution >= 0.6 is 0 Å². The molecular formula is C17H22Si. The second-order valence-corrected chi connectivity index (χ2v) is 11.1. The Balaban J connectivity index is 2.35. The van der Waals surface area contributed by atoms with Crippen molar-refractivity contribution < 1.29 is 0 Å². The lowest BCUT2D eigenvalue weighted by Gasteiger charge is -2.21. The Hall–Kier alpha value is -1.34. The monoisotopic (exact) mass is 254 g/mol. The Labute approximate surface area is 112 Å². The van der Waals surface area contributed by atoms with E-state index in [2.05, 4.69) is 75.1 Å². The van der Waals surface area contributed by atoms with Gasteiger partial charge in [0.05, 0.1) is 8.07 Å². The summed E-state index contributed by atoms with van der Waals surface area (Å²) < 4.78 is 0. The van der Waals surface area contributed by atoms with Crippen molar-refractivity contribution in [2.24, 2.45) is 0 Å². The fourth-order valence-corrected chi connectivity index (χ4v) is 4.18. The largest absolute Gasteiger partial charge is 0.0779 e.